The van der Waals surface area contributed by atoms with Crippen LogP contribution in [0.3, 0.4) is 0 Å². The van der Waals surface area contributed by atoms with Crippen molar-refractivity contribution in [1.29, 1.82) is 0 Å². The van der Waals surface area contributed by atoms with Gasteiger partial charge in [0.2, 0.25) is 5.78 Å². The third-order valence-corrected chi connectivity index (χ3v) is 4.80. The van der Waals surface area contributed by atoms with E-state index in [0.717, 1.165) is 17.7 Å². The number of fused-ring (bicyclic) bond motifs is 1. The van der Waals surface area contributed by atoms with Gasteiger partial charge in [0.05, 0.1) is 15.6 Å². The number of rotatable bonds is 2. The van der Waals surface area contributed by atoms with Gasteiger partial charge in [-0.05, 0) is 49.1 Å². The second kappa shape index (κ2) is 4.41. The Balaban J connectivity index is 1.95. The van der Waals surface area contributed by atoms with Crippen molar-refractivity contribution in [3.05, 3.63) is 50.2 Å². The largest absolute Gasteiger partial charge is 0.398 e. The Labute approximate surface area is 114 Å². The Morgan fingerprint density at radius 1 is 1.28 bits per heavy atom. The van der Waals surface area contributed by atoms with Gasteiger partial charge >= 0.3 is 0 Å². The molecule has 0 spiro atoms. The molecule has 4 heteroatoms. The number of carbonyl (C=O) groups excluding carboxylic acids is 1. The van der Waals surface area contributed by atoms with Gasteiger partial charge in [-0.2, -0.15) is 0 Å². The van der Waals surface area contributed by atoms with Crippen molar-refractivity contribution in [2.45, 2.75) is 19.3 Å². The summed E-state index contributed by atoms with van der Waals surface area (Å²) in [6, 6.07) is 7.08. The predicted octanol–water partition coefficient (Wildman–Crippen LogP) is 3.70. The SMILES string of the molecule is Nc1ccc(C(=O)c2cc3c(s2)CCC3)cc1Cl. The van der Waals surface area contributed by atoms with E-state index in [2.05, 4.69) is 0 Å². The number of hydrogen-bond donors (Lipinski definition) is 1. The van der Waals surface area contributed by atoms with Crippen molar-refractivity contribution in [1.82, 2.24) is 0 Å². The summed E-state index contributed by atoms with van der Waals surface area (Å²) in [7, 11) is 0. The van der Waals surface area contributed by atoms with Crippen molar-refractivity contribution >= 4 is 34.4 Å². The molecule has 0 fully saturated rings. The van der Waals surface area contributed by atoms with Gasteiger partial charge in [-0.25, -0.2) is 0 Å². The molecule has 0 saturated carbocycles. The van der Waals surface area contributed by atoms with Crippen LogP contribution in [0, 0.1) is 0 Å². The van der Waals surface area contributed by atoms with E-state index in [1.165, 1.54) is 16.9 Å². The van der Waals surface area contributed by atoms with Crippen LogP contribution in [0.25, 0.3) is 0 Å². The monoisotopic (exact) mass is 277 g/mol. The number of hydrogen-bond acceptors (Lipinski definition) is 3. The van der Waals surface area contributed by atoms with Gasteiger partial charge < -0.3 is 5.73 Å². The van der Waals surface area contributed by atoms with Gasteiger partial charge in [0, 0.05) is 10.4 Å². The third-order valence-electron chi connectivity index (χ3n) is 3.23. The van der Waals surface area contributed by atoms with Crippen LogP contribution < -0.4 is 5.73 Å². The first-order chi connectivity index (χ1) is 8.65. The van der Waals surface area contributed by atoms with Gasteiger partial charge in [0.25, 0.3) is 0 Å². The summed E-state index contributed by atoms with van der Waals surface area (Å²) in [5.41, 5.74) is 8.09. The number of nitrogens with two attached hydrogens (primary N) is 1. The number of carbonyl (C=O) groups is 1. The van der Waals surface area contributed by atoms with E-state index in [4.69, 9.17) is 17.3 Å². The Kier molecular flexibility index (Phi) is 2.88. The van der Waals surface area contributed by atoms with Gasteiger partial charge in [-0.15, -0.1) is 11.3 Å². The molecule has 1 aromatic heterocycles. The molecule has 0 unspecified atom stereocenters. The van der Waals surface area contributed by atoms with Crippen LogP contribution in [-0.4, -0.2) is 5.78 Å². The zero-order valence-electron chi connectivity index (χ0n) is 9.70. The number of halogens is 1. The molecule has 0 bridgehead atoms. The van der Waals surface area contributed by atoms with E-state index >= 15 is 0 Å². The molecule has 1 aliphatic carbocycles. The second-order valence-corrected chi connectivity index (χ2v) is 6.02. The van der Waals surface area contributed by atoms with E-state index < -0.39 is 0 Å². The van der Waals surface area contributed by atoms with Crippen LogP contribution in [0.15, 0.2) is 24.3 Å². The summed E-state index contributed by atoms with van der Waals surface area (Å²) in [6.07, 6.45) is 3.42. The maximum absolute atomic E-state index is 12.3. The molecule has 1 aromatic carbocycles. The second-order valence-electron chi connectivity index (χ2n) is 4.48. The van der Waals surface area contributed by atoms with Crippen LogP contribution in [0.2, 0.25) is 5.02 Å². The Bertz CT molecular complexity index is 611. The highest BCUT2D eigenvalue weighted by atomic mass is 35.5. The van der Waals surface area contributed by atoms with E-state index in [-0.39, 0.29) is 5.78 Å². The lowest BCUT2D eigenvalue weighted by Crippen LogP contribution is -1.99. The molecule has 0 radical (unpaired) electrons. The molecule has 3 rings (SSSR count). The molecular weight excluding hydrogens is 266 g/mol. The molecule has 92 valence electrons. The minimum absolute atomic E-state index is 0.0382. The van der Waals surface area contributed by atoms with E-state index in [1.54, 1.807) is 29.5 Å². The summed E-state index contributed by atoms with van der Waals surface area (Å²) in [4.78, 5) is 14.5. The molecule has 0 amide bonds. The average Bonchev–Trinajstić information content (AvgIpc) is 2.92. The van der Waals surface area contributed by atoms with Crippen LogP contribution in [0.5, 0.6) is 0 Å². The van der Waals surface area contributed by atoms with E-state index in [9.17, 15) is 4.79 Å². The fourth-order valence-corrected chi connectivity index (χ4v) is 3.65. The normalized spacial score (nSPS) is 13.6. The van der Waals surface area contributed by atoms with Gasteiger partial charge in [0.15, 0.2) is 0 Å². The Morgan fingerprint density at radius 2 is 2.11 bits per heavy atom. The molecule has 1 heterocycles. The molecule has 2 N–H and O–H groups in total. The molecule has 2 nitrogen and oxygen atoms in total. The van der Waals surface area contributed by atoms with Gasteiger partial charge in [-0.1, -0.05) is 11.6 Å². The maximum Gasteiger partial charge on any atom is 0.203 e. The highest BCUT2D eigenvalue weighted by Crippen LogP contribution is 2.32. The minimum atomic E-state index is 0.0382. The lowest BCUT2D eigenvalue weighted by atomic mass is 10.1. The lowest BCUT2D eigenvalue weighted by Gasteiger charge is -2.01. The number of nitrogen functional groups attached to an aromatic ring is 1. The summed E-state index contributed by atoms with van der Waals surface area (Å²) < 4.78 is 0. The number of anilines is 1. The first-order valence-corrected chi connectivity index (χ1v) is 7.06. The van der Waals surface area contributed by atoms with Gasteiger partial charge in [-0.3, -0.25) is 4.79 Å². The molecule has 18 heavy (non-hydrogen) atoms. The highest BCUT2D eigenvalue weighted by molar-refractivity contribution is 7.14. The zero-order valence-corrected chi connectivity index (χ0v) is 11.3. The van der Waals surface area contributed by atoms with E-state index in [1.807, 2.05) is 6.07 Å². The molecular formula is C14H12ClNOS. The lowest BCUT2D eigenvalue weighted by molar-refractivity contribution is 0.104. The quantitative estimate of drug-likeness (QED) is 0.672. The molecule has 0 aliphatic heterocycles. The molecule has 1 aliphatic rings. The molecule has 0 saturated heterocycles. The van der Waals surface area contributed by atoms with Crippen molar-refractivity contribution in [2.75, 3.05) is 5.73 Å². The standard InChI is InChI=1S/C14H12ClNOS/c15-10-6-9(4-5-11(10)16)14(17)13-7-8-2-1-3-12(8)18-13/h4-7H,1-3,16H2. The van der Waals surface area contributed by atoms with Crippen LogP contribution in [-0.2, 0) is 12.8 Å². The van der Waals surface area contributed by atoms with Crippen LogP contribution in [0.1, 0.15) is 32.1 Å². The number of benzene rings is 1. The number of aryl methyl sites for hydroxylation is 2. The minimum Gasteiger partial charge on any atom is -0.398 e. The van der Waals surface area contributed by atoms with E-state index in [0.29, 0.717) is 16.3 Å². The number of ketones is 1. The number of thiophene rings is 1. The summed E-state index contributed by atoms with van der Waals surface area (Å²) in [6.45, 7) is 0. The fourth-order valence-electron chi connectivity index (χ4n) is 2.25. The maximum atomic E-state index is 12.3. The van der Waals surface area contributed by atoms with Crippen molar-refractivity contribution in [2.24, 2.45) is 0 Å². The summed E-state index contributed by atoms with van der Waals surface area (Å²) in [5, 5.41) is 0.435. The summed E-state index contributed by atoms with van der Waals surface area (Å²) >= 11 is 7.56. The van der Waals surface area contributed by atoms with Crippen molar-refractivity contribution in [3.63, 3.8) is 0 Å². The smallest absolute Gasteiger partial charge is 0.203 e. The van der Waals surface area contributed by atoms with Crippen molar-refractivity contribution in [3.8, 4) is 0 Å². The topological polar surface area (TPSA) is 43.1 Å². The molecule has 2 aromatic rings. The first-order valence-electron chi connectivity index (χ1n) is 5.86. The molecule has 0 atom stereocenters. The third kappa shape index (κ3) is 1.93. The van der Waals surface area contributed by atoms with Crippen LogP contribution in [0.4, 0.5) is 5.69 Å². The van der Waals surface area contributed by atoms with Gasteiger partial charge in [0.1, 0.15) is 0 Å². The Hall–Kier alpha value is -1.32. The fraction of sp³-hybridized carbons (Fsp3) is 0.214. The predicted molar refractivity (Wildman–Crippen MR) is 75.6 cm³/mol. The highest BCUT2D eigenvalue weighted by Gasteiger charge is 2.19. The Morgan fingerprint density at radius 3 is 2.83 bits per heavy atom. The van der Waals surface area contributed by atoms with Crippen LogP contribution >= 0.6 is 22.9 Å². The van der Waals surface area contributed by atoms with Crippen molar-refractivity contribution < 1.29 is 4.79 Å². The average molecular weight is 278 g/mol. The zero-order chi connectivity index (χ0) is 12.7. The first kappa shape index (κ1) is 11.8. The summed E-state index contributed by atoms with van der Waals surface area (Å²) in [5.74, 6) is 0.0382.